The van der Waals surface area contributed by atoms with Crippen LogP contribution in [0, 0.1) is 0 Å². The van der Waals surface area contributed by atoms with E-state index in [1.54, 1.807) is 6.08 Å². The minimum Gasteiger partial charge on any atom is -0.394 e. The van der Waals surface area contributed by atoms with Crippen LogP contribution in [0.25, 0.3) is 0 Å². The Bertz CT molecular complexity index is 967. The lowest BCUT2D eigenvalue weighted by molar-refractivity contribution is -0.359. The number of nitrogens with one attached hydrogen (secondary N) is 1. The lowest BCUT2D eigenvalue weighted by atomic mass is 9.97. The number of aliphatic hydroxyl groups is 8. The molecule has 298 valence electrons. The van der Waals surface area contributed by atoms with Crippen LogP contribution < -0.4 is 5.32 Å². The minimum atomic E-state index is -1.78. The van der Waals surface area contributed by atoms with Crippen LogP contribution >= 0.6 is 0 Å². The fourth-order valence-corrected chi connectivity index (χ4v) is 6.17. The number of carbonyl (C=O) groups excluding carboxylic acids is 1. The number of ether oxygens (including phenoxy) is 4. The van der Waals surface area contributed by atoms with Gasteiger partial charge in [-0.05, 0) is 32.1 Å². The third kappa shape index (κ3) is 16.2. The molecule has 0 saturated carbocycles. The van der Waals surface area contributed by atoms with Gasteiger partial charge in [0.1, 0.15) is 48.8 Å². The van der Waals surface area contributed by atoms with Crippen LogP contribution in [0.3, 0.4) is 0 Å². The van der Waals surface area contributed by atoms with Crippen LogP contribution in [0.1, 0.15) is 110 Å². The summed E-state index contributed by atoms with van der Waals surface area (Å²) in [5.74, 6) is -0.306. The maximum Gasteiger partial charge on any atom is 0.220 e. The van der Waals surface area contributed by atoms with Crippen molar-refractivity contribution < 1.29 is 64.6 Å². The molecule has 2 rings (SSSR count). The van der Waals surface area contributed by atoms with Gasteiger partial charge in [-0.25, -0.2) is 0 Å². The molecule has 14 nitrogen and oxygen atoms in total. The van der Waals surface area contributed by atoms with Crippen LogP contribution in [0.5, 0.6) is 0 Å². The van der Waals surface area contributed by atoms with Gasteiger partial charge in [-0.15, -0.1) is 0 Å². The SMILES string of the molecule is CCCCCCCCCCCC/C=C/CC/C=C/C(O)C(COC1OC(CO)C(OC2OC(CO)C(O)C(O)C2O)C(O)C1O)NC(=O)CCC. The molecule has 2 saturated heterocycles. The molecule has 2 fully saturated rings. The number of aliphatic hydroxyl groups excluding tert-OH is 8. The van der Waals surface area contributed by atoms with Crippen molar-refractivity contribution in [2.75, 3.05) is 19.8 Å². The molecule has 0 bridgehead atoms. The molecule has 9 N–H and O–H groups in total. The van der Waals surface area contributed by atoms with Crippen molar-refractivity contribution in [3.63, 3.8) is 0 Å². The minimum absolute atomic E-state index is 0.224. The van der Waals surface area contributed by atoms with Crippen molar-refractivity contribution in [3.8, 4) is 0 Å². The standard InChI is InChI=1S/C37H67NO13/c1-3-5-6-7-8-9-10-11-12-13-14-15-16-17-18-19-21-26(41)25(38-29(42)20-4-2)24-48-36-34(47)32(45)35(28(23-40)50-36)51-37-33(46)31(44)30(43)27(22-39)49-37/h15-16,19,21,25-28,30-37,39-41,43-47H,3-14,17-18,20,22-24H2,1-2H3,(H,38,42)/b16-15+,21-19+. The van der Waals surface area contributed by atoms with Gasteiger partial charge in [0.05, 0.1) is 32.0 Å². The van der Waals surface area contributed by atoms with Crippen molar-refractivity contribution in [1.82, 2.24) is 5.32 Å². The number of carbonyl (C=O) groups is 1. The van der Waals surface area contributed by atoms with Crippen molar-refractivity contribution in [1.29, 1.82) is 0 Å². The monoisotopic (exact) mass is 733 g/mol. The van der Waals surface area contributed by atoms with Gasteiger partial charge in [0, 0.05) is 6.42 Å². The second-order valence-corrected chi connectivity index (χ2v) is 13.7. The van der Waals surface area contributed by atoms with E-state index in [1.165, 1.54) is 64.2 Å². The molecule has 2 aliphatic rings. The summed E-state index contributed by atoms with van der Waals surface area (Å²) in [6, 6.07) is -0.921. The highest BCUT2D eigenvalue weighted by Gasteiger charge is 2.50. The summed E-state index contributed by atoms with van der Waals surface area (Å²) in [5.41, 5.74) is 0. The predicted octanol–water partition coefficient (Wildman–Crippen LogP) is 1.48. The van der Waals surface area contributed by atoms with E-state index in [1.807, 2.05) is 13.0 Å². The first-order chi connectivity index (χ1) is 24.6. The van der Waals surface area contributed by atoms with E-state index in [2.05, 4.69) is 24.4 Å². The van der Waals surface area contributed by atoms with Crippen LogP contribution in [0.4, 0.5) is 0 Å². The number of hydrogen-bond donors (Lipinski definition) is 9. The third-order valence-corrected chi connectivity index (χ3v) is 9.36. The summed E-state index contributed by atoms with van der Waals surface area (Å²) in [6.07, 6.45) is 7.14. The van der Waals surface area contributed by atoms with Gasteiger partial charge < -0.3 is 65.1 Å². The normalized spacial score (nSPS) is 31.3. The zero-order valence-electron chi connectivity index (χ0n) is 30.6. The van der Waals surface area contributed by atoms with Gasteiger partial charge >= 0.3 is 0 Å². The molecule has 0 spiro atoms. The van der Waals surface area contributed by atoms with Gasteiger partial charge in [-0.1, -0.05) is 95.9 Å². The summed E-state index contributed by atoms with van der Waals surface area (Å²) in [6.45, 7) is 2.34. The van der Waals surface area contributed by atoms with Gasteiger partial charge in [0.2, 0.25) is 5.91 Å². The molecular formula is C37H67NO13. The molecule has 2 heterocycles. The first-order valence-corrected chi connectivity index (χ1v) is 19.1. The van der Waals surface area contributed by atoms with Crippen molar-refractivity contribution in [2.24, 2.45) is 0 Å². The molecule has 12 atom stereocenters. The van der Waals surface area contributed by atoms with Gasteiger partial charge in [0.25, 0.3) is 0 Å². The molecule has 0 aromatic rings. The van der Waals surface area contributed by atoms with Crippen LogP contribution in [0.2, 0.25) is 0 Å². The molecule has 1 amide bonds. The zero-order chi connectivity index (χ0) is 37.6. The van der Waals surface area contributed by atoms with Gasteiger partial charge in [0.15, 0.2) is 12.6 Å². The quantitative estimate of drug-likeness (QED) is 0.0454. The molecule has 51 heavy (non-hydrogen) atoms. The number of hydrogen-bond acceptors (Lipinski definition) is 13. The Morgan fingerprint density at radius 3 is 1.88 bits per heavy atom. The second-order valence-electron chi connectivity index (χ2n) is 13.7. The average molecular weight is 734 g/mol. The van der Waals surface area contributed by atoms with Crippen molar-refractivity contribution >= 4 is 5.91 Å². The second kappa shape index (κ2) is 26.3. The van der Waals surface area contributed by atoms with Crippen LogP contribution in [0.15, 0.2) is 24.3 Å². The summed E-state index contributed by atoms with van der Waals surface area (Å²) < 4.78 is 22.3. The van der Waals surface area contributed by atoms with Crippen molar-refractivity contribution in [2.45, 2.75) is 184 Å². The molecule has 0 radical (unpaired) electrons. The Balaban J connectivity index is 1.84. The van der Waals surface area contributed by atoms with Crippen LogP contribution in [-0.2, 0) is 23.7 Å². The van der Waals surface area contributed by atoms with E-state index in [0.717, 1.165) is 12.8 Å². The van der Waals surface area contributed by atoms with E-state index in [4.69, 9.17) is 18.9 Å². The van der Waals surface area contributed by atoms with Gasteiger partial charge in [-0.2, -0.15) is 0 Å². The fraction of sp³-hybridized carbons (Fsp3) is 0.865. The van der Waals surface area contributed by atoms with E-state index < -0.39 is 86.8 Å². The Hall–Kier alpha value is -1.53. The Morgan fingerprint density at radius 2 is 1.25 bits per heavy atom. The summed E-state index contributed by atoms with van der Waals surface area (Å²) >= 11 is 0. The van der Waals surface area contributed by atoms with E-state index in [0.29, 0.717) is 12.8 Å². The lowest BCUT2D eigenvalue weighted by Gasteiger charge is -2.46. The first kappa shape index (κ1) is 45.6. The Morgan fingerprint density at radius 1 is 0.686 bits per heavy atom. The number of unbranched alkanes of at least 4 members (excludes halogenated alkanes) is 11. The lowest BCUT2D eigenvalue weighted by Crippen LogP contribution is -2.65. The maximum absolute atomic E-state index is 12.4. The number of rotatable bonds is 26. The molecule has 12 unspecified atom stereocenters. The van der Waals surface area contributed by atoms with E-state index in [9.17, 15) is 45.6 Å². The third-order valence-electron chi connectivity index (χ3n) is 9.36. The summed E-state index contributed by atoms with van der Waals surface area (Å²) in [4.78, 5) is 12.4. The van der Waals surface area contributed by atoms with Crippen LogP contribution in [-0.4, -0.2) is 140 Å². The predicted molar refractivity (Wildman–Crippen MR) is 189 cm³/mol. The zero-order valence-corrected chi connectivity index (χ0v) is 30.6. The number of amides is 1. The van der Waals surface area contributed by atoms with E-state index >= 15 is 0 Å². The Kier molecular flexibility index (Phi) is 23.5. The highest BCUT2D eigenvalue weighted by molar-refractivity contribution is 5.76. The van der Waals surface area contributed by atoms with Crippen molar-refractivity contribution in [3.05, 3.63) is 24.3 Å². The molecule has 2 aliphatic heterocycles. The highest BCUT2D eigenvalue weighted by Crippen LogP contribution is 2.29. The molecular weight excluding hydrogens is 666 g/mol. The highest BCUT2D eigenvalue weighted by atomic mass is 16.7. The fourth-order valence-electron chi connectivity index (χ4n) is 6.17. The Labute approximate surface area is 303 Å². The summed E-state index contributed by atoms with van der Waals surface area (Å²) in [7, 11) is 0. The van der Waals surface area contributed by atoms with E-state index in [-0.39, 0.29) is 18.9 Å². The first-order valence-electron chi connectivity index (χ1n) is 19.1. The van der Waals surface area contributed by atoms with Gasteiger partial charge in [-0.3, -0.25) is 4.79 Å². The largest absolute Gasteiger partial charge is 0.394 e. The molecule has 14 heteroatoms. The maximum atomic E-state index is 12.4. The number of allylic oxidation sites excluding steroid dienone is 3. The average Bonchev–Trinajstić information content (AvgIpc) is 3.12. The topological polar surface area (TPSA) is 228 Å². The molecule has 0 aromatic carbocycles. The molecule has 0 aliphatic carbocycles. The smallest absolute Gasteiger partial charge is 0.220 e. The summed E-state index contributed by atoms with van der Waals surface area (Å²) in [5, 5.41) is 85.2. The molecule has 0 aromatic heterocycles.